The number of benzene rings is 2. The van der Waals surface area contributed by atoms with Gasteiger partial charge in [0.2, 0.25) is 6.79 Å². The Kier molecular flexibility index (Phi) is 9.17. The fourth-order valence-electron chi connectivity index (χ4n) is 3.04. The molecule has 0 bridgehead atoms. The zero-order valence-corrected chi connectivity index (χ0v) is 19.3. The molecule has 0 saturated heterocycles. The molecule has 2 aromatic carbocycles. The number of hydrogen-bond donors (Lipinski definition) is 2. The third kappa shape index (κ3) is 6.31. The molecule has 0 aliphatic carbocycles. The predicted octanol–water partition coefficient (Wildman–Crippen LogP) is 3.00. The molecule has 1 aliphatic heterocycles. The fourth-order valence-corrected chi connectivity index (χ4v) is 3.04. The molecule has 0 spiro atoms. The summed E-state index contributed by atoms with van der Waals surface area (Å²) in [4.78, 5) is 4.28. The highest BCUT2D eigenvalue weighted by atomic mass is 127. The number of methoxy groups -OCH3 is 2. The van der Waals surface area contributed by atoms with E-state index in [1.807, 2.05) is 30.3 Å². The highest BCUT2D eigenvalue weighted by Crippen LogP contribution is 2.32. The molecule has 8 heteroatoms. The normalized spacial score (nSPS) is 12.2. The zero-order chi connectivity index (χ0) is 19.8. The average Bonchev–Trinajstić information content (AvgIpc) is 3.20. The number of guanidine groups is 1. The summed E-state index contributed by atoms with van der Waals surface area (Å²) in [6, 6.07) is 11.8. The van der Waals surface area contributed by atoms with Crippen molar-refractivity contribution in [3.05, 3.63) is 47.5 Å². The Morgan fingerprint density at radius 2 is 1.72 bits per heavy atom. The Balaban J connectivity index is 0.00000300. The van der Waals surface area contributed by atoms with Crippen molar-refractivity contribution in [2.45, 2.75) is 12.8 Å². The lowest BCUT2D eigenvalue weighted by molar-refractivity contribution is 0.174. The standard InChI is InChI=1S/C21H27N3O4.HI/c1-22-21(23-10-8-15-4-6-19-20(12-15)28-14-27-19)24-11-9-16-13-17(25-2)5-7-18(16)26-3;/h4-7,12-13H,8-11,14H2,1-3H3,(H2,22,23,24);1H. The number of rotatable bonds is 8. The number of aliphatic imine (C=N–C) groups is 1. The van der Waals surface area contributed by atoms with Crippen molar-refractivity contribution in [3.63, 3.8) is 0 Å². The summed E-state index contributed by atoms with van der Waals surface area (Å²) in [7, 11) is 5.10. The molecular formula is C21H28IN3O4. The van der Waals surface area contributed by atoms with Crippen molar-refractivity contribution in [1.82, 2.24) is 10.6 Å². The highest BCUT2D eigenvalue weighted by molar-refractivity contribution is 14.0. The SMILES string of the molecule is CN=C(NCCc1ccc2c(c1)OCO2)NCCc1cc(OC)ccc1OC.I. The molecule has 0 fully saturated rings. The van der Waals surface area contributed by atoms with Crippen LogP contribution in [0.1, 0.15) is 11.1 Å². The number of halogens is 1. The van der Waals surface area contributed by atoms with Gasteiger partial charge in [-0.05, 0) is 54.3 Å². The lowest BCUT2D eigenvalue weighted by Gasteiger charge is -2.14. The van der Waals surface area contributed by atoms with Crippen LogP contribution in [0.15, 0.2) is 41.4 Å². The van der Waals surface area contributed by atoms with Crippen LogP contribution in [0.25, 0.3) is 0 Å². The lowest BCUT2D eigenvalue weighted by atomic mass is 10.1. The summed E-state index contributed by atoms with van der Waals surface area (Å²) in [6.45, 7) is 1.79. The van der Waals surface area contributed by atoms with E-state index in [-0.39, 0.29) is 24.0 Å². The minimum Gasteiger partial charge on any atom is -0.497 e. The van der Waals surface area contributed by atoms with Crippen LogP contribution in [-0.2, 0) is 12.8 Å². The molecule has 0 saturated carbocycles. The van der Waals surface area contributed by atoms with Gasteiger partial charge in [-0.2, -0.15) is 0 Å². The van der Waals surface area contributed by atoms with Crippen molar-refractivity contribution >= 4 is 29.9 Å². The topological polar surface area (TPSA) is 73.3 Å². The summed E-state index contributed by atoms with van der Waals surface area (Å²) in [5.74, 6) is 4.06. The van der Waals surface area contributed by atoms with Crippen LogP contribution in [-0.4, -0.2) is 47.1 Å². The molecule has 2 N–H and O–H groups in total. The smallest absolute Gasteiger partial charge is 0.231 e. The molecule has 0 atom stereocenters. The predicted molar refractivity (Wildman–Crippen MR) is 124 cm³/mol. The van der Waals surface area contributed by atoms with E-state index in [1.165, 1.54) is 5.56 Å². The van der Waals surface area contributed by atoms with E-state index in [9.17, 15) is 0 Å². The number of fused-ring (bicyclic) bond motifs is 1. The second-order valence-corrected chi connectivity index (χ2v) is 6.29. The quantitative estimate of drug-likeness (QED) is 0.321. The first-order valence-electron chi connectivity index (χ1n) is 9.27. The first kappa shape index (κ1) is 22.9. The number of nitrogens with zero attached hydrogens (tertiary/aromatic N) is 1. The maximum atomic E-state index is 5.43. The van der Waals surface area contributed by atoms with Crippen LogP contribution in [0, 0.1) is 0 Å². The zero-order valence-electron chi connectivity index (χ0n) is 17.0. The van der Waals surface area contributed by atoms with E-state index in [0.717, 1.165) is 60.5 Å². The van der Waals surface area contributed by atoms with E-state index in [2.05, 4.69) is 21.7 Å². The van der Waals surface area contributed by atoms with E-state index >= 15 is 0 Å². The maximum absolute atomic E-state index is 5.43. The minimum atomic E-state index is 0. The molecule has 0 aromatic heterocycles. The van der Waals surface area contributed by atoms with Gasteiger partial charge in [-0.3, -0.25) is 4.99 Å². The van der Waals surface area contributed by atoms with Crippen LogP contribution in [0.5, 0.6) is 23.0 Å². The highest BCUT2D eigenvalue weighted by Gasteiger charge is 2.13. The van der Waals surface area contributed by atoms with Crippen LogP contribution in [0.3, 0.4) is 0 Å². The molecule has 0 radical (unpaired) electrons. The largest absolute Gasteiger partial charge is 0.497 e. The van der Waals surface area contributed by atoms with Crippen LogP contribution < -0.4 is 29.6 Å². The molecular weight excluding hydrogens is 485 g/mol. The van der Waals surface area contributed by atoms with Crippen LogP contribution in [0.2, 0.25) is 0 Å². The van der Waals surface area contributed by atoms with Gasteiger partial charge in [0.1, 0.15) is 11.5 Å². The third-order valence-corrected chi connectivity index (χ3v) is 4.54. The van der Waals surface area contributed by atoms with E-state index < -0.39 is 0 Å². The second kappa shape index (κ2) is 11.6. The van der Waals surface area contributed by atoms with Crippen molar-refractivity contribution in [2.75, 3.05) is 41.1 Å². The first-order chi connectivity index (χ1) is 13.7. The maximum Gasteiger partial charge on any atom is 0.231 e. The molecule has 2 aromatic rings. The summed E-state index contributed by atoms with van der Waals surface area (Å²) < 4.78 is 21.5. The van der Waals surface area contributed by atoms with Gasteiger partial charge in [0.15, 0.2) is 17.5 Å². The number of nitrogens with one attached hydrogen (secondary N) is 2. The molecule has 1 aliphatic rings. The first-order valence-corrected chi connectivity index (χ1v) is 9.27. The van der Waals surface area contributed by atoms with Gasteiger partial charge >= 0.3 is 0 Å². The van der Waals surface area contributed by atoms with Gasteiger partial charge in [-0.1, -0.05) is 6.07 Å². The summed E-state index contributed by atoms with van der Waals surface area (Å²) in [5, 5.41) is 6.67. The Morgan fingerprint density at radius 1 is 0.966 bits per heavy atom. The van der Waals surface area contributed by atoms with Gasteiger partial charge in [0.05, 0.1) is 14.2 Å². The van der Waals surface area contributed by atoms with Crippen molar-refractivity contribution in [1.29, 1.82) is 0 Å². The van der Waals surface area contributed by atoms with Gasteiger partial charge in [0.25, 0.3) is 0 Å². The fraction of sp³-hybridized carbons (Fsp3) is 0.381. The molecule has 0 unspecified atom stereocenters. The van der Waals surface area contributed by atoms with Gasteiger partial charge < -0.3 is 29.6 Å². The van der Waals surface area contributed by atoms with E-state index in [4.69, 9.17) is 18.9 Å². The second-order valence-electron chi connectivity index (χ2n) is 6.29. The Labute approximate surface area is 188 Å². The Hall–Kier alpha value is -2.36. The van der Waals surface area contributed by atoms with Gasteiger partial charge in [-0.15, -0.1) is 24.0 Å². The molecule has 7 nitrogen and oxygen atoms in total. The molecule has 3 rings (SSSR count). The van der Waals surface area contributed by atoms with E-state index in [0.29, 0.717) is 6.79 Å². The van der Waals surface area contributed by atoms with E-state index in [1.54, 1.807) is 21.3 Å². The Bertz CT molecular complexity index is 830. The minimum absolute atomic E-state index is 0. The molecule has 0 amide bonds. The molecule has 158 valence electrons. The van der Waals surface area contributed by atoms with Crippen LogP contribution >= 0.6 is 24.0 Å². The monoisotopic (exact) mass is 513 g/mol. The van der Waals surface area contributed by atoms with Crippen LogP contribution in [0.4, 0.5) is 0 Å². The number of hydrogen-bond acceptors (Lipinski definition) is 5. The Morgan fingerprint density at radius 3 is 2.45 bits per heavy atom. The van der Waals surface area contributed by atoms with Crippen molar-refractivity contribution in [2.24, 2.45) is 4.99 Å². The van der Waals surface area contributed by atoms with Crippen molar-refractivity contribution < 1.29 is 18.9 Å². The summed E-state index contributed by atoms with van der Waals surface area (Å²) in [5.41, 5.74) is 2.28. The third-order valence-electron chi connectivity index (χ3n) is 4.54. The molecule has 29 heavy (non-hydrogen) atoms. The van der Waals surface area contributed by atoms with Gasteiger partial charge in [0, 0.05) is 20.1 Å². The van der Waals surface area contributed by atoms with Crippen molar-refractivity contribution in [3.8, 4) is 23.0 Å². The lowest BCUT2D eigenvalue weighted by Crippen LogP contribution is -2.39. The van der Waals surface area contributed by atoms with Gasteiger partial charge in [-0.25, -0.2) is 0 Å². The molecule has 1 heterocycles. The number of ether oxygens (including phenoxy) is 4. The summed E-state index contributed by atoms with van der Waals surface area (Å²) >= 11 is 0. The average molecular weight is 513 g/mol. The summed E-state index contributed by atoms with van der Waals surface area (Å²) in [6.07, 6.45) is 1.66.